The van der Waals surface area contributed by atoms with E-state index in [0.717, 1.165) is 17.2 Å². The van der Waals surface area contributed by atoms with E-state index in [1.165, 1.54) is 5.56 Å². The minimum absolute atomic E-state index is 0.156. The molecular weight excluding hydrogens is 310 g/mol. The Morgan fingerprint density at radius 1 is 0.960 bits per heavy atom. The molecule has 3 heteroatoms. The molecule has 0 fully saturated rings. The Labute approximate surface area is 148 Å². The zero-order chi connectivity index (χ0) is 17.7. The molecule has 0 aliphatic heterocycles. The van der Waals surface area contributed by atoms with E-state index in [1.54, 1.807) is 6.92 Å². The molecule has 0 aromatic heterocycles. The molecule has 128 valence electrons. The number of carbonyl (C=O) groups is 1. The Morgan fingerprint density at radius 3 is 2.44 bits per heavy atom. The molecule has 0 heterocycles. The number of hydrogen-bond acceptors (Lipinski definition) is 2. The molecular formula is C22H23NO2. The number of rotatable bonds is 6. The van der Waals surface area contributed by atoms with Gasteiger partial charge >= 0.3 is 0 Å². The molecule has 0 spiro atoms. The molecule has 3 nitrogen and oxygen atoms in total. The lowest BCUT2D eigenvalue weighted by Crippen LogP contribution is -2.41. The van der Waals surface area contributed by atoms with Gasteiger partial charge in [-0.15, -0.1) is 0 Å². The highest BCUT2D eigenvalue weighted by atomic mass is 16.3. The summed E-state index contributed by atoms with van der Waals surface area (Å²) >= 11 is 0. The number of amides is 1. The number of fused-ring (bicyclic) bond motifs is 1. The van der Waals surface area contributed by atoms with Crippen molar-refractivity contribution in [3.05, 3.63) is 83.9 Å². The Balaban J connectivity index is 1.62. The van der Waals surface area contributed by atoms with Gasteiger partial charge in [-0.25, -0.2) is 0 Å². The smallest absolute Gasteiger partial charge is 0.252 e. The Kier molecular flexibility index (Phi) is 5.15. The quantitative estimate of drug-likeness (QED) is 0.717. The summed E-state index contributed by atoms with van der Waals surface area (Å²) in [6, 6.07) is 23.6. The third-order valence-electron chi connectivity index (χ3n) is 4.46. The van der Waals surface area contributed by atoms with E-state index < -0.39 is 5.60 Å². The van der Waals surface area contributed by atoms with Crippen molar-refractivity contribution in [3.8, 4) is 0 Å². The van der Waals surface area contributed by atoms with Crippen molar-refractivity contribution < 1.29 is 9.90 Å². The lowest BCUT2D eigenvalue weighted by molar-refractivity contribution is 0.0479. The van der Waals surface area contributed by atoms with E-state index in [2.05, 4.69) is 5.32 Å². The summed E-state index contributed by atoms with van der Waals surface area (Å²) in [5.74, 6) is -0.156. The zero-order valence-electron chi connectivity index (χ0n) is 14.4. The normalized spacial score (nSPS) is 13.4. The second-order valence-electron chi connectivity index (χ2n) is 6.69. The molecule has 3 rings (SSSR count). The maximum Gasteiger partial charge on any atom is 0.252 e. The largest absolute Gasteiger partial charge is 0.388 e. The average Bonchev–Trinajstić information content (AvgIpc) is 2.65. The van der Waals surface area contributed by atoms with Gasteiger partial charge in [0.25, 0.3) is 5.91 Å². The average molecular weight is 333 g/mol. The van der Waals surface area contributed by atoms with E-state index in [0.29, 0.717) is 12.0 Å². The third kappa shape index (κ3) is 4.46. The second-order valence-corrected chi connectivity index (χ2v) is 6.69. The molecule has 0 saturated heterocycles. The molecule has 0 aliphatic rings. The molecule has 0 aliphatic carbocycles. The van der Waals surface area contributed by atoms with Gasteiger partial charge in [0.2, 0.25) is 0 Å². The van der Waals surface area contributed by atoms with Crippen molar-refractivity contribution in [2.24, 2.45) is 0 Å². The van der Waals surface area contributed by atoms with Crippen LogP contribution in [0.4, 0.5) is 0 Å². The fourth-order valence-corrected chi connectivity index (χ4v) is 2.94. The van der Waals surface area contributed by atoms with Crippen molar-refractivity contribution in [1.29, 1.82) is 0 Å². The summed E-state index contributed by atoms with van der Waals surface area (Å²) in [5.41, 5.74) is 0.871. The van der Waals surface area contributed by atoms with Crippen LogP contribution in [0.25, 0.3) is 10.8 Å². The first-order valence-electron chi connectivity index (χ1n) is 8.57. The Morgan fingerprint density at radius 2 is 1.64 bits per heavy atom. The molecule has 3 aromatic rings. The van der Waals surface area contributed by atoms with Gasteiger partial charge in [0.05, 0.1) is 5.60 Å². The molecule has 0 saturated carbocycles. The molecule has 0 bridgehead atoms. The summed E-state index contributed by atoms with van der Waals surface area (Å²) < 4.78 is 0. The van der Waals surface area contributed by atoms with Gasteiger partial charge in [-0.2, -0.15) is 0 Å². The van der Waals surface area contributed by atoms with Gasteiger partial charge in [0.1, 0.15) is 0 Å². The summed E-state index contributed by atoms with van der Waals surface area (Å²) in [6.07, 6.45) is 1.37. The standard InChI is InChI=1S/C22H23NO2/c1-22(25,15-14-17-8-3-2-4-9-17)16-23-21(24)20-13-7-11-18-10-5-6-12-19(18)20/h2-13,25H,14-16H2,1H3,(H,23,24)/t22-/m0/s1. The van der Waals surface area contributed by atoms with Crippen LogP contribution in [0.3, 0.4) is 0 Å². The van der Waals surface area contributed by atoms with Crippen molar-refractivity contribution in [1.82, 2.24) is 5.32 Å². The highest BCUT2D eigenvalue weighted by Crippen LogP contribution is 2.19. The van der Waals surface area contributed by atoms with Gasteiger partial charge < -0.3 is 10.4 Å². The lowest BCUT2D eigenvalue weighted by Gasteiger charge is -2.24. The van der Waals surface area contributed by atoms with Gasteiger partial charge in [-0.05, 0) is 42.2 Å². The van der Waals surface area contributed by atoms with Crippen molar-refractivity contribution in [3.63, 3.8) is 0 Å². The van der Waals surface area contributed by atoms with Crippen LogP contribution in [-0.4, -0.2) is 23.2 Å². The van der Waals surface area contributed by atoms with Gasteiger partial charge in [0.15, 0.2) is 0 Å². The molecule has 1 atom stereocenters. The number of aliphatic hydroxyl groups is 1. The van der Waals surface area contributed by atoms with Crippen molar-refractivity contribution in [2.45, 2.75) is 25.4 Å². The van der Waals surface area contributed by atoms with Crippen LogP contribution >= 0.6 is 0 Å². The fraction of sp³-hybridized carbons (Fsp3) is 0.227. The number of benzene rings is 3. The van der Waals surface area contributed by atoms with Crippen LogP contribution in [0.2, 0.25) is 0 Å². The van der Waals surface area contributed by atoms with E-state index in [-0.39, 0.29) is 12.5 Å². The topological polar surface area (TPSA) is 49.3 Å². The van der Waals surface area contributed by atoms with E-state index in [1.807, 2.05) is 72.8 Å². The number of hydrogen-bond donors (Lipinski definition) is 2. The monoisotopic (exact) mass is 333 g/mol. The molecule has 3 aromatic carbocycles. The van der Waals surface area contributed by atoms with Crippen LogP contribution in [0, 0.1) is 0 Å². The SMILES string of the molecule is C[C@](O)(CCc1ccccc1)CNC(=O)c1cccc2ccccc12. The third-order valence-corrected chi connectivity index (χ3v) is 4.46. The van der Waals surface area contributed by atoms with Crippen LogP contribution in [0.5, 0.6) is 0 Å². The predicted molar refractivity (Wildman–Crippen MR) is 102 cm³/mol. The molecule has 1 amide bonds. The highest BCUT2D eigenvalue weighted by molar-refractivity contribution is 6.07. The maximum atomic E-state index is 12.6. The van der Waals surface area contributed by atoms with Gasteiger partial charge in [-0.1, -0.05) is 66.7 Å². The van der Waals surface area contributed by atoms with E-state index >= 15 is 0 Å². The van der Waals surface area contributed by atoms with E-state index in [9.17, 15) is 9.90 Å². The van der Waals surface area contributed by atoms with Crippen LogP contribution in [0.15, 0.2) is 72.8 Å². The summed E-state index contributed by atoms with van der Waals surface area (Å²) in [5, 5.41) is 15.4. The zero-order valence-corrected chi connectivity index (χ0v) is 14.4. The highest BCUT2D eigenvalue weighted by Gasteiger charge is 2.21. The number of nitrogens with one attached hydrogen (secondary N) is 1. The predicted octanol–water partition coefficient (Wildman–Crippen LogP) is 3.95. The van der Waals surface area contributed by atoms with Gasteiger partial charge in [0, 0.05) is 12.1 Å². The van der Waals surface area contributed by atoms with Crippen LogP contribution in [0.1, 0.15) is 29.3 Å². The van der Waals surface area contributed by atoms with E-state index in [4.69, 9.17) is 0 Å². The second kappa shape index (κ2) is 7.49. The first kappa shape index (κ1) is 17.2. The summed E-state index contributed by atoms with van der Waals surface area (Å²) in [4.78, 5) is 12.6. The minimum atomic E-state index is -0.948. The first-order valence-corrected chi connectivity index (χ1v) is 8.57. The Bertz CT molecular complexity index is 851. The number of aryl methyl sites for hydroxylation is 1. The fourth-order valence-electron chi connectivity index (χ4n) is 2.94. The molecule has 25 heavy (non-hydrogen) atoms. The van der Waals surface area contributed by atoms with Crippen molar-refractivity contribution in [2.75, 3.05) is 6.54 Å². The molecule has 2 N–H and O–H groups in total. The first-order chi connectivity index (χ1) is 12.1. The minimum Gasteiger partial charge on any atom is -0.388 e. The van der Waals surface area contributed by atoms with Crippen molar-refractivity contribution >= 4 is 16.7 Å². The molecule has 0 unspecified atom stereocenters. The van der Waals surface area contributed by atoms with Gasteiger partial charge in [-0.3, -0.25) is 4.79 Å². The maximum absolute atomic E-state index is 12.6. The Hall–Kier alpha value is -2.65. The van der Waals surface area contributed by atoms with Crippen LogP contribution in [-0.2, 0) is 6.42 Å². The number of carbonyl (C=O) groups excluding carboxylic acids is 1. The molecule has 0 radical (unpaired) electrons. The van der Waals surface area contributed by atoms with Crippen LogP contribution < -0.4 is 5.32 Å². The lowest BCUT2D eigenvalue weighted by atomic mass is 9.96. The summed E-state index contributed by atoms with van der Waals surface area (Å²) in [7, 11) is 0. The summed E-state index contributed by atoms with van der Waals surface area (Å²) in [6.45, 7) is 1.99.